The summed E-state index contributed by atoms with van der Waals surface area (Å²) in [5.41, 5.74) is -1.10. The predicted octanol–water partition coefficient (Wildman–Crippen LogP) is 2.43. The SMILES string of the molecule is C=CC(=O)OCC(C)(COC(=O)C=C)NC(=O)NCCCCCCCC(C)=O. The van der Waals surface area contributed by atoms with Crippen LogP contribution in [-0.2, 0) is 23.9 Å². The van der Waals surface area contributed by atoms with Crippen molar-refractivity contribution in [1.82, 2.24) is 10.6 Å². The lowest BCUT2D eigenvalue weighted by Gasteiger charge is -2.29. The van der Waals surface area contributed by atoms with E-state index < -0.39 is 23.5 Å². The van der Waals surface area contributed by atoms with E-state index in [1.165, 1.54) is 0 Å². The number of Topliss-reactive ketones (excluding diaryl/α,β-unsaturated/α-hetero) is 1. The number of urea groups is 1. The van der Waals surface area contributed by atoms with Gasteiger partial charge < -0.3 is 24.9 Å². The summed E-state index contributed by atoms with van der Waals surface area (Å²) in [5, 5.41) is 5.39. The molecule has 0 aliphatic rings. The molecule has 0 saturated heterocycles. The molecule has 28 heavy (non-hydrogen) atoms. The number of ketones is 1. The van der Waals surface area contributed by atoms with E-state index in [4.69, 9.17) is 9.47 Å². The lowest BCUT2D eigenvalue weighted by atomic mass is 10.1. The first-order valence-electron chi connectivity index (χ1n) is 9.36. The van der Waals surface area contributed by atoms with Crippen LogP contribution in [-0.4, -0.2) is 49.1 Å². The highest BCUT2D eigenvalue weighted by atomic mass is 16.5. The second kappa shape index (κ2) is 14.4. The van der Waals surface area contributed by atoms with Gasteiger partial charge in [-0.05, 0) is 26.7 Å². The van der Waals surface area contributed by atoms with E-state index in [0.29, 0.717) is 13.0 Å². The summed E-state index contributed by atoms with van der Waals surface area (Å²) in [5.74, 6) is -1.08. The number of hydrogen-bond donors (Lipinski definition) is 2. The van der Waals surface area contributed by atoms with Crippen LogP contribution in [0, 0.1) is 0 Å². The fourth-order valence-corrected chi connectivity index (χ4v) is 2.24. The third kappa shape index (κ3) is 13.5. The normalized spacial score (nSPS) is 10.5. The lowest BCUT2D eigenvalue weighted by molar-refractivity contribution is -0.144. The van der Waals surface area contributed by atoms with Crippen LogP contribution in [0.4, 0.5) is 4.79 Å². The van der Waals surface area contributed by atoms with Crippen LogP contribution in [0.3, 0.4) is 0 Å². The number of unbranched alkanes of at least 4 members (excludes halogenated alkanes) is 4. The number of nitrogens with one attached hydrogen (secondary N) is 2. The first-order valence-corrected chi connectivity index (χ1v) is 9.36. The van der Waals surface area contributed by atoms with Gasteiger partial charge in [0.1, 0.15) is 24.5 Å². The summed E-state index contributed by atoms with van der Waals surface area (Å²) < 4.78 is 9.96. The van der Waals surface area contributed by atoms with E-state index in [1.807, 2.05) is 0 Å². The molecule has 0 aromatic heterocycles. The summed E-state index contributed by atoms with van der Waals surface area (Å²) in [6.07, 6.45) is 7.28. The maximum atomic E-state index is 12.1. The van der Waals surface area contributed by atoms with Crippen molar-refractivity contribution in [2.24, 2.45) is 0 Å². The Bertz CT molecular complexity index is 535. The molecule has 2 amide bonds. The highest BCUT2D eigenvalue weighted by Crippen LogP contribution is 2.08. The zero-order chi connectivity index (χ0) is 21.4. The molecule has 0 fully saturated rings. The fourth-order valence-electron chi connectivity index (χ4n) is 2.24. The van der Waals surface area contributed by atoms with Gasteiger partial charge in [-0.1, -0.05) is 32.4 Å². The number of rotatable bonds is 15. The third-order valence-corrected chi connectivity index (χ3v) is 3.81. The first-order chi connectivity index (χ1) is 13.2. The number of carbonyl (C=O) groups excluding carboxylic acids is 4. The Labute approximate surface area is 166 Å². The molecular weight excluding hydrogens is 364 g/mol. The number of hydrogen-bond acceptors (Lipinski definition) is 6. The van der Waals surface area contributed by atoms with Crippen molar-refractivity contribution in [1.29, 1.82) is 0 Å². The molecule has 0 atom stereocenters. The van der Waals surface area contributed by atoms with Crippen LogP contribution < -0.4 is 10.6 Å². The minimum atomic E-state index is -1.10. The van der Waals surface area contributed by atoms with Crippen molar-refractivity contribution < 1.29 is 28.7 Å². The van der Waals surface area contributed by atoms with Crippen LogP contribution >= 0.6 is 0 Å². The van der Waals surface area contributed by atoms with Crippen molar-refractivity contribution in [2.75, 3.05) is 19.8 Å². The summed E-state index contributed by atoms with van der Waals surface area (Å²) in [7, 11) is 0. The van der Waals surface area contributed by atoms with E-state index in [9.17, 15) is 19.2 Å². The van der Waals surface area contributed by atoms with Gasteiger partial charge in [0.15, 0.2) is 0 Å². The summed E-state index contributed by atoms with van der Waals surface area (Å²) in [4.78, 5) is 45.5. The Morgan fingerprint density at radius 3 is 1.89 bits per heavy atom. The van der Waals surface area contributed by atoms with E-state index >= 15 is 0 Å². The second-order valence-corrected chi connectivity index (χ2v) is 6.79. The average Bonchev–Trinajstić information content (AvgIpc) is 2.66. The second-order valence-electron chi connectivity index (χ2n) is 6.79. The highest BCUT2D eigenvalue weighted by Gasteiger charge is 2.30. The molecular formula is C20H32N2O6. The van der Waals surface area contributed by atoms with Crippen molar-refractivity contribution >= 4 is 23.8 Å². The Morgan fingerprint density at radius 2 is 1.39 bits per heavy atom. The largest absolute Gasteiger partial charge is 0.460 e. The molecule has 8 nitrogen and oxygen atoms in total. The van der Waals surface area contributed by atoms with Crippen LogP contribution in [0.2, 0.25) is 0 Å². The third-order valence-electron chi connectivity index (χ3n) is 3.81. The van der Waals surface area contributed by atoms with Gasteiger partial charge in [0.05, 0.1) is 0 Å². The fraction of sp³-hybridized carbons (Fsp3) is 0.600. The summed E-state index contributed by atoms with van der Waals surface area (Å²) in [6, 6.07) is -0.455. The molecule has 0 heterocycles. The molecule has 0 saturated carbocycles. The molecule has 0 unspecified atom stereocenters. The Hall–Kier alpha value is -2.64. The molecule has 0 aliphatic heterocycles. The highest BCUT2D eigenvalue weighted by molar-refractivity contribution is 5.82. The van der Waals surface area contributed by atoms with Gasteiger partial charge in [0.2, 0.25) is 0 Å². The summed E-state index contributed by atoms with van der Waals surface area (Å²) in [6.45, 7) is 9.89. The molecule has 158 valence electrons. The lowest BCUT2D eigenvalue weighted by Crippen LogP contribution is -2.56. The monoisotopic (exact) mass is 396 g/mol. The number of carbonyl (C=O) groups is 4. The smallest absolute Gasteiger partial charge is 0.330 e. The van der Waals surface area contributed by atoms with Gasteiger partial charge in [-0.15, -0.1) is 0 Å². The molecule has 0 radical (unpaired) electrons. The quantitative estimate of drug-likeness (QED) is 0.250. The van der Waals surface area contributed by atoms with Gasteiger partial charge in [-0.3, -0.25) is 0 Å². The maximum Gasteiger partial charge on any atom is 0.330 e. The van der Waals surface area contributed by atoms with E-state index in [1.54, 1.807) is 13.8 Å². The summed E-state index contributed by atoms with van der Waals surface area (Å²) >= 11 is 0. The molecule has 0 aromatic rings. The van der Waals surface area contributed by atoms with Gasteiger partial charge in [-0.2, -0.15) is 0 Å². The number of esters is 2. The topological polar surface area (TPSA) is 111 Å². The van der Waals surface area contributed by atoms with Crippen LogP contribution in [0.1, 0.15) is 52.4 Å². The van der Waals surface area contributed by atoms with E-state index in [0.717, 1.165) is 44.3 Å². The standard InChI is InChI=1S/C20H32N2O6/c1-5-17(24)27-14-20(4,15-28-18(25)6-2)22-19(26)21-13-11-9-7-8-10-12-16(3)23/h5-6H,1-2,7-15H2,3-4H3,(H2,21,22,26). The molecule has 0 spiro atoms. The zero-order valence-corrected chi connectivity index (χ0v) is 16.9. The minimum absolute atomic E-state index is 0.189. The number of amides is 2. The maximum absolute atomic E-state index is 12.1. The van der Waals surface area contributed by atoms with Gasteiger partial charge in [-0.25, -0.2) is 14.4 Å². The Balaban J connectivity index is 4.28. The molecule has 0 bridgehead atoms. The number of ether oxygens (including phenoxy) is 2. The Morgan fingerprint density at radius 1 is 0.893 bits per heavy atom. The van der Waals surface area contributed by atoms with Gasteiger partial charge >= 0.3 is 18.0 Å². The van der Waals surface area contributed by atoms with Crippen LogP contribution in [0.25, 0.3) is 0 Å². The van der Waals surface area contributed by atoms with E-state index in [2.05, 4.69) is 23.8 Å². The first kappa shape index (κ1) is 25.4. The van der Waals surface area contributed by atoms with Gasteiger partial charge in [0.25, 0.3) is 0 Å². The Kier molecular flexibility index (Phi) is 13.1. The average molecular weight is 396 g/mol. The molecule has 0 rings (SSSR count). The van der Waals surface area contributed by atoms with E-state index in [-0.39, 0.29) is 19.0 Å². The molecule has 0 aliphatic carbocycles. The molecule has 8 heteroatoms. The van der Waals surface area contributed by atoms with Crippen molar-refractivity contribution in [2.45, 2.75) is 57.9 Å². The molecule has 2 N–H and O–H groups in total. The van der Waals surface area contributed by atoms with Crippen LogP contribution in [0.15, 0.2) is 25.3 Å². The van der Waals surface area contributed by atoms with Crippen LogP contribution in [0.5, 0.6) is 0 Å². The van der Waals surface area contributed by atoms with Crippen molar-refractivity contribution in [3.63, 3.8) is 0 Å². The van der Waals surface area contributed by atoms with Crippen molar-refractivity contribution in [3.05, 3.63) is 25.3 Å². The minimum Gasteiger partial charge on any atom is -0.460 e. The predicted molar refractivity (Wildman–Crippen MR) is 106 cm³/mol. The zero-order valence-electron chi connectivity index (χ0n) is 16.9. The van der Waals surface area contributed by atoms with Crippen molar-refractivity contribution in [3.8, 4) is 0 Å². The van der Waals surface area contributed by atoms with Gasteiger partial charge in [0, 0.05) is 25.1 Å². The molecule has 0 aromatic carbocycles.